The topological polar surface area (TPSA) is 42.2 Å². The van der Waals surface area contributed by atoms with E-state index in [2.05, 4.69) is 4.98 Å². The van der Waals surface area contributed by atoms with Gasteiger partial charge in [-0.05, 0) is 12.1 Å². The van der Waals surface area contributed by atoms with Crippen molar-refractivity contribution in [3.63, 3.8) is 0 Å². The fourth-order valence-corrected chi connectivity index (χ4v) is 1.33. The number of nitrogens with two attached hydrogens (primary N) is 1. The summed E-state index contributed by atoms with van der Waals surface area (Å²) in [5, 5.41) is 0. The highest BCUT2D eigenvalue weighted by Crippen LogP contribution is 2.21. The molecule has 2 N–H and O–H groups in total. The summed E-state index contributed by atoms with van der Waals surface area (Å²) in [6.45, 7) is -0.121. The molecule has 0 atom stereocenters. The lowest BCUT2D eigenvalue weighted by atomic mass is 10.3. The lowest BCUT2D eigenvalue weighted by Gasteiger charge is -2.20. The fraction of sp³-hybridized carbons (Fsp3) is 0.400. The maximum absolute atomic E-state index is 12.1. The number of aromatic nitrogens is 1. The lowest BCUT2D eigenvalue weighted by molar-refractivity contribution is -0.132. The first-order valence-electron chi connectivity index (χ1n) is 4.83. The highest BCUT2D eigenvalue weighted by molar-refractivity contribution is 7.80. The molecule has 0 radical (unpaired) electrons. The van der Waals surface area contributed by atoms with E-state index in [1.807, 2.05) is 0 Å². The van der Waals surface area contributed by atoms with Crippen LogP contribution in [0, 0.1) is 0 Å². The van der Waals surface area contributed by atoms with E-state index in [1.165, 1.54) is 11.1 Å². The molecule has 0 aromatic carbocycles. The smallest absolute Gasteiger partial charge is 0.388 e. The van der Waals surface area contributed by atoms with Gasteiger partial charge in [0.15, 0.2) is 0 Å². The summed E-state index contributed by atoms with van der Waals surface area (Å²) < 4.78 is 36.2. The minimum atomic E-state index is -4.16. The van der Waals surface area contributed by atoms with Crippen LogP contribution in [-0.2, 0) is 0 Å². The number of thiocarbonyl (C=S) groups is 1. The van der Waals surface area contributed by atoms with Crippen LogP contribution in [0.2, 0.25) is 0 Å². The Morgan fingerprint density at radius 1 is 1.53 bits per heavy atom. The maximum Gasteiger partial charge on any atom is 0.390 e. The van der Waals surface area contributed by atoms with Crippen molar-refractivity contribution in [2.75, 3.05) is 18.5 Å². The molecule has 0 fully saturated rings. The zero-order valence-corrected chi connectivity index (χ0v) is 9.98. The van der Waals surface area contributed by atoms with Gasteiger partial charge in [-0.3, -0.25) is 4.98 Å². The van der Waals surface area contributed by atoms with Crippen LogP contribution in [0.5, 0.6) is 0 Å². The molecule has 0 aliphatic heterocycles. The van der Waals surface area contributed by atoms with Crippen LogP contribution in [0.15, 0.2) is 18.3 Å². The third-order valence-corrected chi connectivity index (χ3v) is 2.38. The van der Waals surface area contributed by atoms with Crippen molar-refractivity contribution in [1.82, 2.24) is 4.98 Å². The number of hydrogen-bond acceptors (Lipinski definition) is 3. The van der Waals surface area contributed by atoms with Crippen molar-refractivity contribution in [2.45, 2.75) is 12.6 Å². The number of halogens is 3. The van der Waals surface area contributed by atoms with Gasteiger partial charge in [0.25, 0.3) is 0 Å². The van der Waals surface area contributed by atoms with E-state index < -0.39 is 12.6 Å². The number of nitrogens with zero attached hydrogens (tertiary/aromatic N) is 2. The van der Waals surface area contributed by atoms with E-state index in [4.69, 9.17) is 18.0 Å². The van der Waals surface area contributed by atoms with Crippen LogP contribution >= 0.6 is 12.2 Å². The summed E-state index contributed by atoms with van der Waals surface area (Å²) in [6.07, 6.45) is -3.56. The molecule has 1 heterocycles. The Labute approximate surface area is 102 Å². The zero-order valence-electron chi connectivity index (χ0n) is 9.16. The number of pyridine rings is 1. The molecule has 3 nitrogen and oxygen atoms in total. The second-order valence-corrected chi connectivity index (χ2v) is 3.99. The average Bonchev–Trinajstić information content (AvgIpc) is 2.25. The number of hydrogen-bond donors (Lipinski definition) is 1. The Morgan fingerprint density at radius 3 is 2.71 bits per heavy atom. The van der Waals surface area contributed by atoms with Crippen molar-refractivity contribution < 1.29 is 13.2 Å². The summed E-state index contributed by atoms with van der Waals surface area (Å²) in [7, 11) is 1.57. The zero-order chi connectivity index (χ0) is 13.1. The van der Waals surface area contributed by atoms with Gasteiger partial charge in [-0.2, -0.15) is 13.2 Å². The SMILES string of the molecule is CN(CCC(F)(F)F)c1ccnc(C(N)=S)c1. The third-order valence-electron chi connectivity index (χ3n) is 2.17. The first-order chi connectivity index (χ1) is 7.79. The van der Waals surface area contributed by atoms with Crippen molar-refractivity contribution in [3.05, 3.63) is 24.0 Å². The lowest BCUT2D eigenvalue weighted by Crippen LogP contribution is -2.24. The van der Waals surface area contributed by atoms with E-state index in [-0.39, 0.29) is 11.5 Å². The molecule has 1 rings (SSSR count). The van der Waals surface area contributed by atoms with E-state index in [9.17, 15) is 13.2 Å². The van der Waals surface area contributed by atoms with Crippen molar-refractivity contribution in [2.24, 2.45) is 5.73 Å². The van der Waals surface area contributed by atoms with Crippen LogP contribution in [0.3, 0.4) is 0 Å². The molecule has 0 unspecified atom stereocenters. The van der Waals surface area contributed by atoms with E-state index in [1.54, 1.807) is 19.2 Å². The monoisotopic (exact) mass is 263 g/mol. The van der Waals surface area contributed by atoms with Crippen molar-refractivity contribution in [3.8, 4) is 0 Å². The quantitative estimate of drug-likeness (QED) is 0.845. The number of alkyl halides is 3. The minimum absolute atomic E-state index is 0.121. The van der Waals surface area contributed by atoms with Gasteiger partial charge in [0.05, 0.1) is 12.1 Å². The Balaban J connectivity index is 2.72. The first kappa shape index (κ1) is 13.7. The van der Waals surface area contributed by atoms with Gasteiger partial charge in [-0.1, -0.05) is 12.2 Å². The normalized spacial score (nSPS) is 11.3. The predicted octanol–water partition coefficient (Wildman–Crippen LogP) is 2.10. The maximum atomic E-state index is 12.1. The molecule has 94 valence electrons. The molecule has 0 aliphatic carbocycles. The second-order valence-electron chi connectivity index (χ2n) is 3.55. The van der Waals surface area contributed by atoms with Crippen LogP contribution < -0.4 is 10.6 Å². The summed E-state index contributed by atoms with van der Waals surface area (Å²) in [6, 6.07) is 3.18. The van der Waals surface area contributed by atoms with Crippen LogP contribution in [0.1, 0.15) is 12.1 Å². The molecule has 0 bridgehead atoms. The van der Waals surface area contributed by atoms with Crippen LogP contribution in [0.25, 0.3) is 0 Å². The Morgan fingerprint density at radius 2 is 2.18 bits per heavy atom. The largest absolute Gasteiger partial charge is 0.390 e. The highest BCUT2D eigenvalue weighted by Gasteiger charge is 2.27. The fourth-order valence-electron chi connectivity index (χ4n) is 1.22. The van der Waals surface area contributed by atoms with Gasteiger partial charge >= 0.3 is 6.18 Å². The van der Waals surface area contributed by atoms with E-state index >= 15 is 0 Å². The van der Waals surface area contributed by atoms with Crippen molar-refractivity contribution >= 4 is 22.9 Å². The summed E-state index contributed by atoms with van der Waals surface area (Å²) in [4.78, 5) is 5.52. The molecular weight excluding hydrogens is 251 g/mol. The molecule has 1 aromatic heterocycles. The molecule has 17 heavy (non-hydrogen) atoms. The molecule has 7 heteroatoms. The van der Waals surface area contributed by atoms with Gasteiger partial charge in [0.2, 0.25) is 0 Å². The molecular formula is C10H12F3N3S. The Bertz CT molecular complexity index is 406. The molecule has 0 amide bonds. The third kappa shape index (κ3) is 4.56. The molecule has 0 saturated carbocycles. The summed E-state index contributed by atoms with van der Waals surface area (Å²) >= 11 is 4.75. The highest BCUT2D eigenvalue weighted by atomic mass is 32.1. The summed E-state index contributed by atoms with van der Waals surface area (Å²) in [5.41, 5.74) is 6.40. The summed E-state index contributed by atoms with van der Waals surface area (Å²) in [5.74, 6) is 0. The Kier molecular flexibility index (Phi) is 4.28. The van der Waals surface area contributed by atoms with E-state index in [0.717, 1.165) is 0 Å². The number of rotatable bonds is 4. The van der Waals surface area contributed by atoms with Gasteiger partial charge < -0.3 is 10.6 Å². The van der Waals surface area contributed by atoms with Crippen LogP contribution in [-0.4, -0.2) is 29.7 Å². The molecule has 0 spiro atoms. The van der Waals surface area contributed by atoms with Crippen LogP contribution in [0.4, 0.5) is 18.9 Å². The van der Waals surface area contributed by atoms with Gasteiger partial charge in [0.1, 0.15) is 4.99 Å². The van der Waals surface area contributed by atoms with E-state index in [0.29, 0.717) is 11.4 Å². The van der Waals surface area contributed by atoms with Gasteiger partial charge in [0, 0.05) is 25.5 Å². The second kappa shape index (κ2) is 5.31. The standard InChI is InChI=1S/C10H12F3N3S/c1-16(5-3-10(11,12)13)7-2-4-15-8(6-7)9(14)17/h2,4,6H,3,5H2,1H3,(H2,14,17). The molecule has 1 aromatic rings. The Hall–Kier alpha value is -1.37. The minimum Gasteiger partial charge on any atom is -0.388 e. The first-order valence-corrected chi connectivity index (χ1v) is 5.24. The molecule has 0 saturated heterocycles. The average molecular weight is 263 g/mol. The van der Waals surface area contributed by atoms with Gasteiger partial charge in [-0.15, -0.1) is 0 Å². The number of anilines is 1. The van der Waals surface area contributed by atoms with Crippen molar-refractivity contribution in [1.29, 1.82) is 0 Å². The molecule has 0 aliphatic rings. The van der Waals surface area contributed by atoms with Gasteiger partial charge in [-0.25, -0.2) is 0 Å². The predicted molar refractivity (Wildman–Crippen MR) is 64.1 cm³/mol.